The number of carbonyl (C=O) groups excluding carboxylic acids is 3. The molecule has 0 aromatic heterocycles. The summed E-state index contributed by atoms with van der Waals surface area (Å²) in [6.45, 7) is 4.25. The smallest absolute Gasteiger partial charge is 0.311 e. The number of unbranched alkanes of at least 4 members (excludes halogenated alkanes) is 3. The summed E-state index contributed by atoms with van der Waals surface area (Å²) >= 11 is 0. The summed E-state index contributed by atoms with van der Waals surface area (Å²) in [5.74, 6) is -0.328. The van der Waals surface area contributed by atoms with Crippen LogP contribution in [0.25, 0.3) is 0 Å². The first-order chi connectivity index (χ1) is 13.0. The highest BCUT2D eigenvalue weighted by molar-refractivity contribution is 6.22. The van der Waals surface area contributed by atoms with Crippen molar-refractivity contribution in [2.75, 3.05) is 4.90 Å². The van der Waals surface area contributed by atoms with E-state index < -0.39 is 0 Å². The van der Waals surface area contributed by atoms with Crippen LogP contribution in [0.5, 0.6) is 5.75 Å². The van der Waals surface area contributed by atoms with Crippen LogP contribution >= 0.6 is 0 Å². The van der Waals surface area contributed by atoms with Crippen molar-refractivity contribution in [1.29, 1.82) is 0 Å². The third kappa shape index (κ3) is 4.23. The molecule has 1 aliphatic heterocycles. The third-order valence-electron chi connectivity index (χ3n) is 5.75. The lowest BCUT2D eigenvalue weighted by Gasteiger charge is -2.25. The van der Waals surface area contributed by atoms with Crippen LogP contribution in [0.1, 0.15) is 65.2 Å². The first-order valence-electron chi connectivity index (χ1n) is 10.2. The van der Waals surface area contributed by atoms with Crippen LogP contribution in [0.2, 0.25) is 0 Å². The van der Waals surface area contributed by atoms with Crippen LogP contribution in [0, 0.1) is 17.8 Å². The Labute approximate surface area is 161 Å². The number of hydrogen-bond acceptors (Lipinski definition) is 4. The molecule has 2 amide bonds. The first kappa shape index (κ1) is 19.6. The Morgan fingerprint density at radius 2 is 1.81 bits per heavy atom. The predicted octanol–water partition coefficient (Wildman–Crippen LogP) is 4.49. The number of carbonyl (C=O) groups is 3. The molecule has 5 heteroatoms. The molecule has 0 N–H and O–H groups in total. The summed E-state index contributed by atoms with van der Waals surface area (Å²) in [6, 6.07) is 6.86. The fourth-order valence-electron chi connectivity index (χ4n) is 4.23. The lowest BCUT2D eigenvalue weighted by atomic mass is 9.76. The fraction of sp³-hybridized carbons (Fsp3) is 0.591. The summed E-state index contributed by atoms with van der Waals surface area (Å²) < 4.78 is 5.52. The van der Waals surface area contributed by atoms with Crippen molar-refractivity contribution in [3.05, 3.63) is 24.3 Å². The Hall–Kier alpha value is -2.17. The van der Waals surface area contributed by atoms with Crippen molar-refractivity contribution >= 4 is 23.5 Å². The zero-order chi connectivity index (χ0) is 19.4. The SMILES string of the molecule is CCCCCCC(=O)Oc1ccccc1N1C(=O)[C@@H]2CC[C@@H](C)C[C@H]2C1=O. The molecule has 2 aliphatic rings. The molecule has 1 saturated carbocycles. The number of anilines is 1. The minimum absolute atomic E-state index is 0.150. The van der Waals surface area contributed by atoms with Gasteiger partial charge in [0.15, 0.2) is 5.75 Å². The quantitative estimate of drug-likeness (QED) is 0.307. The van der Waals surface area contributed by atoms with Gasteiger partial charge < -0.3 is 4.74 Å². The van der Waals surface area contributed by atoms with Gasteiger partial charge in [0, 0.05) is 6.42 Å². The van der Waals surface area contributed by atoms with E-state index in [-0.39, 0.29) is 29.6 Å². The van der Waals surface area contributed by atoms with E-state index in [1.54, 1.807) is 24.3 Å². The molecule has 0 bridgehead atoms. The van der Waals surface area contributed by atoms with Crippen LogP contribution in [0.4, 0.5) is 5.69 Å². The van der Waals surface area contributed by atoms with Gasteiger partial charge in [0.2, 0.25) is 11.8 Å². The maximum absolute atomic E-state index is 12.9. The molecule has 3 rings (SSSR count). The van der Waals surface area contributed by atoms with E-state index in [9.17, 15) is 14.4 Å². The Morgan fingerprint density at radius 1 is 1.07 bits per heavy atom. The number of hydrogen-bond donors (Lipinski definition) is 0. The third-order valence-corrected chi connectivity index (χ3v) is 5.75. The highest BCUT2D eigenvalue weighted by Crippen LogP contribution is 2.44. The van der Waals surface area contributed by atoms with E-state index >= 15 is 0 Å². The Morgan fingerprint density at radius 3 is 2.59 bits per heavy atom. The van der Waals surface area contributed by atoms with Gasteiger partial charge in [-0.15, -0.1) is 0 Å². The molecule has 1 aliphatic carbocycles. The zero-order valence-electron chi connectivity index (χ0n) is 16.3. The normalized spacial score (nSPS) is 24.8. The van der Waals surface area contributed by atoms with Gasteiger partial charge in [-0.3, -0.25) is 14.4 Å². The highest BCUT2D eigenvalue weighted by Gasteiger charge is 2.50. The predicted molar refractivity (Wildman–Crippen MR) is 103 cm³/mol. The number of fused-ring (bicyclic) bond motifs is 1. The van der Waals surface area contributed by atoms with Gasteiger partial charge in [0.05, 0.1) is 17.5 Å². The number of rotatable bonds is 7. The summed E-state index contributed by atoms with van der Waals surface area (Å²) in [6.07, 6.45) is 6.83. The monoisotopic (exact) mass is 371 g/mol. The van der Waals surface area contributed by atoms with Crippen molar-refractivity contribution in [1.82, 2.24) is 0 Å². The number of imide groups is 1. The molecule has 5 nitrogen and oxygen atoms in total. The number of para-hydroxylation sites is 2. The van der Waals surface area contributed by atoms with Crippen molar-refractivity contribution in [3.8, 4) is 5.75 Å². The van der Waals surface area contributed by atoms with E-state index in [0.717, 1.165) is 44.9 Å². The molecule has 27 heavy (non-hydrogen) atoms. The fourth-order valence-corrected chi connectivity index (χ4v) is 4.23. The average molecular weight is 371 g/mol. The topological polar surface area (TPSA) is 63.7 Å². The van der Waals surface area contributed by atoms with Gasteiger partial charge in [0.25, 0.3) is 0 Å². The maximum atomic E-state index is 12.9. The Balaban J connectivity index is 1.74. The average Bonchev–Trinajstić information content (AvgIpc) is 2.89. The lowest BCUT2D eigenvalue weighted by Crippen LogP contribution is -2.31. The van der Waals surface area contributed by atoms with Crippen LogP contribution in [0.15, 0.2) is 24.3 Å². The van der Waals surface area contributed by atoms with Gasteiger partial charge in [-0.25, -0.2) is 4.90 Å². The summed E-state index contributed by atoms with van der Waals surface area (Å²) in [5.41, 5.74) is 0.400. The zero-order valence-corrected chi connectivity index (χ0v) is 16.3. The van der Waals surface area contributed by atoms with Gasteiger partial charge in [-0.2, -0.15) is 0 Å². The molecule has 1 saturated heterocycles. The van der Waals surface area contributed by atoms with Crippen LogP contribution in [-0.4, -0.2) is 17.8 Å². The number of nitrogens with zero attached hydrogens (tertiary/aromatic N) is 1. The van der Waals surface area contributed by atoms with E-state index in [0.29, 0.717) is 23.8 Å². The van der Waals surface area contributed by atoms with E-state index in [2.05, 4.69) is 13.8 Å². The van der Waals surface area contributed by atoms with Crippen molar-refractivity contribution < 1.29 is 19.1 Å². The summed E-state index contributed by atoms with van der Waals surface area (Å²) in [7, 11) is 0. The number of esters is 1. The molecular weight excluding hydrogens is 342 g/mol. The molecular formula is C22H29NO4. The first-order valence-corrected chi connectivity index (χ1v) is 10.2. The Kier molecular flexibility index (Phi) is 6.30. The standard InChI is InChI=1S/C22H29NO4/c1-3-4-5-6-11-20(24)27-19-10-8-7-9-18(19)23-21(25)16-13-12-15(2)14-17(16)22(23)26/h7-10,15-17H,3-6,11-14H2,1-2H3/t15-,16-,17-/m1/s1. The van der Waals surface area contributed by atoms with E-state index in [4.69, 9.17) is 4.74 Å². The molecule has 146 valence electrons. The van der Waals surface area contributed by atoms with Gasteiger partial charge in [0.1, 0.15) is 0 Å². The van der Waals surface area contributed by atoms with E-state index in [1.165, 1.54) is 4.90 Å². The van der Waals surface area contributed by atoms with Gasteiger partial charge in [-0.1, -0.05) is 45.2 Å². The van der Waals surface area contributed by atoms with Crippen molar-refractivity contribution in [2.45, 2.75) is 65.2 Å². The lowest BCUT2D eigenvalue weighted by molar-refractivity contribution is -0.134. The molecule has 2 fully saturated rings. The number of ether oxygens (including phenoxy) is 1. The molecule has 0 unspecified atom stereocenters. The second kappa shape index (κ2) is 8.68. The van der Waals surface area contributed by atoms with Gasteiger partial charge in [-0.05, 0) is 43.7 Å². The number of benzene rings is 1. The van der Waals surface area contributed by atoms with Crippen LogP contribution < -0.4 is 9.64 Å². The second-order valence-corrected chi connectivity index (χ2v) is 7.90. The minimum Gasteiger partial charge on any atom is -0.424 e. The molecule has 3 atom stereocenters. The Bertz CT molecular complexity index is 714. The second-order valence-electron chi connectivity index (χ2n) is 7.90. The number of amides is 2. The largest absolute Gasteiger partial charge is 0.424 e. The summed E-state index contributed by atoms with van der Waals surface area (Å²) in [4.78, 5) is 39.3. The van der Waals surface area contributed by atoms with Gasteiger partial charge >= 0.3 is 5.97 Å². The van der Waals surface area contributed by atoms with E-state index in [1.807, 2.05) is 0 Å². The minimum atomic E-state index is -0.316. The molecule has 0 radical (unpaired) electrons. The molecule has 1 heterocycles. The maximum Gasteiger partial charge on any atom is 0.311 e. The highest BCUT2D eigenvalue weighted by atomic mass is 16.5. The molecule has 1 aromatic carbocycles. The van der Waals surface area contributed by atoms with Crippen molar-refractivity contribution in [3.63, 3.8) is 0 Å². The van der Waals surface area contributed by atoms with Crippen molar-refractivity contribution in [2.24, 2.45) is 17.8 Å². The van der Waals surface area contributed by atoms with Crippen LogP contribution in [-0.2, 0) is 14.4 Å². The summed E-state index contributed by atoms with van der Waals surface area (Å²) in [5, 5.41) is 0. The molecule has 1 aromatic rings. The molecule has 0 spiro atoms. The van der Waals surface area contributed by atoms with Crippen LogP contribution in [0.3, 0.4) is 0 Å².